The number of methoxy groups -OCH3 is 1. The van der Waals surface area contributed by atoms with Gasteiger partial charge >= 0.3 is 0 Å². The van der Waals surface area contributed by atoms with Crippen LogP contribution < -0.4 is 10.3 Å². The fourth-order valence-electron chi connectivity index (χ4n) is 2.05. The Morgan fingerprint density at radius 1 is 0.913 bits per heavy atom. The lowest BCUT2D eigenvalue weighted by Crippen LogP contribution is -2.09. The average Bonchev–Trinajstić information content (AvgIpc) is 2.65. The van der Waals surface area contributed by atoms with E-state index in [1.807, 2.05) is 70.2 Å². The number of aromatic nitrogens is 2. The molecule has 1 heterocycles. The quantitative estimate of drug-likeness (QED) is 0.749. The van der Waals surface area contributed by atoms with Crippen LogP contribution in [0.3, 0.4) is 0 Å². The molecule has 3 aromatic rings. The molecule has 0 aliphatic carbocycles. The van der Waals surface area contributed by atoms with Crippen molar-refractivity contribution in [1.29, 1.82) is 0 Å². The van der Waals surface area contributed by atoms with Gasteiger partial charge in [-0.3, -0.25) is 4.79 Å². The molecule has 0 saturated carbocycles. The molecular weight excluding hydrogens is 288 g/mol. The Labute approximate surface area is 137 Å². The highest BCUT2D eigenvalue weighted by molar-refractivity contribution is 5.80. The van der Waals surface area contributed by atoms with Crippen molar-refractivity contribution in [2.24, 2.45) is 0 Å². The standard InChI is InChI=1S/C15H12N2O2.2C2H6/c1-19-13-9-5-3-7-11(13)14-16-12-8-4-2-6-10(12)15(18)17-14;2*1-2/h2-9H,1H3,(H,16,17,18);2*1-2H3. The van der Waals surface area contributed by atoms with Crippen LogP contribution >= 0.6 is 0 Å². The molecule has 1 N–H and O–H groups in total. The molecule has 0 amide bonds. The van der Waals surface area contributed by atoms with E-state index in [0.717, 1.165) is 5.56 Å². The fourth-order valence-corrected chi connectivity index (χ4v) is 2.05. The second-order valence-corrected chi connectivity index (χ2v) is 4.13. The Bertz CT molecular complexity index is 794. The molecule has 0 spiro atoms. The zero-order valence-corrected chi connectivity index (χ0v) is 14.4. The molecule has 0 bridgehead atoms. The van der Waals surface area contributed by atoms with Crippen molar-refractivity contribution < 1.29 is 4.74 Å². The molecule has 0 unspecified atom stereocenters. The van der Waals surface area contributed by atoms with Crippen molar-refractivity contribution in [2.75, 3.05) is 7.11 Å². The predicted molar refractivity (Wildman–Crippen MR) is 97.0 cm³/mol. The van der Waals surface area contributed by atoms with E-state index in [2.05, 4.69) is 9.97 Å². The van der Waals surface area contributed by atoms with Crippen LogP contribution in [-0.4, -0.2) is 17.1 Å². The minimum Gasteiger partial charge on any atom is -0.496 e. The summed E-state index contributed by atoms with van der Waals surface area (Å²) in [5.41, 5.74) is 1.30. The second kappa shape index (κ2) is 9.41. The first-order valence-corrected chi connectivity index (χ1v) is 7.92. The number of H-pyrrole nitrogens is 1. The molecule has 2 aromatic carbocycles. The van der Waals surface area contributed by atoms with E-state index in [4.69, 9.17) is 4.74 Å². The largest absolute Gasteiger partial charge is 0.496 e. The number of aromatic amines is 1. The van der Waals surface area contributed by atoms with Crippen LogP contribution in [0.1, 0.15) is 27.7 Å². The predicted octanol–water partition coefficient (Wildman–Crippen LogP) is 4.65. The summed E-state index contributed by atoms with van der Waals surface area (Å²) in [5.74, 6) is 1.20. The summed E-state index contributed by atoms with van der Waals surface area (Å²) in [7, 11) is 1.60. The van der Waals surface area contributed by atoms with E-state index in [9.17, 15) is 4.79 Å². The van der Waals surface area contributed by atoms with Gasteiger partial charge in [-0.1, -0.05) is 52.0 Å². The number of hydrogen-bond donors (Lipinski definition) is 1. The van der Waals surface area contributed by atoms with Gasteiger partial charge in [0.25, 0.3) is 5.56 Å². The van der Waals surface area contributed by atoms with Crippen molar-refractivity contribution in [2.45, 2.75) is 27.7 Å². The van der Waals surface area contributed by atoms with Gasteiger partial charge < -0.3 is 9.72 Å². The number of nitrogens with one attached hydrogen (secondary N) is 1. The molecule has 0 saturated heterocycles. The number of rotatable bonds is 2. The van der Waals surface area contributed by atoms with Crippen molar-refractivity contribution in [3.05, 3.63) is 58.9 Å². The van der Waals surface area contributed by atoms with Crippen molar-refractivity contribution in [3.63, 3.8) is 0 Å². The van der Waals surface area contributed by atoms with Crippen LogP contribution in [0.25, 0.3) is 22.3 Å². The smallest absolute Gasteiger partial charge is 0.259 e. The fraction of sp³-hybridized carbons (Fsp3) is 0.263. The van der Waals surface area contributed by atoms with Crippen LogP contribution in [0.5, 0.6) is 5.75 Å². The molecule has 1 aromatic heterocycles. The maximum atomic E-state index is 12.0. The van der Waals surface area contributed by atoms with E-state index < -0.39 is 0 Å². The van der Waals surface area contributed by atoms with Crippen LogP contribution in [0.2, 0.25) is 0 Å². The third-order valence-corrected chi connectivity index (χ3v) is 2.97. The molecule has 23 heavy (non-hydrogen) atoms. The SMILES string of the molecule is CC.CC.COc1ccccc1-c1nc2ccccc2c(=O)[nH]1. The summed E-state index contributed by atoms with van der Waals surface area (Å²) in [6, 6.07) is 14.7. The summed E-state index contributed by atoms with van der Waals surface area (Å²) >= 11 is 0. The van der Waals surface area contributed by atoms with Crippen LogP contribution in [0.4, 0.5) is 0 Å². The molecular formula is C19H24N2O2. The topological polar surface area (TPSA) is 55.0 Å². The van der Waals surface area contributed by atoms with E-state index in [1.165, 1.54) is 0 Å². The lowest BCUT2D eigenvalue weighted by atomic mass is 10.1. The van der Waals surface area contributed by atoms with E-state index in [1.54, 1.807) is 13.2 Å². The van der Waals surface area contributed by atoms with Gasteiger partial charge in [0, 0.05) is 0 Å². The summed E-state index contributed by atoms with van der Waals surface area (Å²) in [5, 5.41) is 0.584. The minimum atomic E-state index is -0.147. The lowest BCUT2D eigenvalue weighted by Gasteiger charge is -2.07. The first kappa shape index (κ1) is 18.4. The Morgan fingerprint density at radius 2 is 1.52 bits per heavy atom. The van der Waals surface area contributed by atoms with Gasteiger partial charge in [-0.2, -0.15) is 0 Å². The molecule has 0 radical (unpaired) electrons. The van der Waals surface area contributed by atoms with Gasteiger partial charge in [0.1, 0.15) is 11.6 Å². The first-order valence-electron chi connectivity index (χ1n) is 7.92. The molecule has 4 heteroatoms. The second-order valence-electron chi connectivity index (χ2n) is 4.13. The molecule has 0 aliphatic rings. The summed E-state index contributed by atoms with van der Waals surface area (Å²) in [6.07, 6.45) is 0. The molecule has 0 atom stereocenters. The number of ether oxygens (including phenoxy) is 1. The highest BCUT2D eigenvalue weighted by Gasteiger charge is 2.09. The third kappa shape index (κ3) is 4.19. The summed E-state index contributed by atoms with van der Waals surface area (Å²) < 4.78 is 5.29. The Balaban J connectivity index is 0.000000615. The maximum absolute atomic E-state index is 12.0. The molecule has 122 valence electrons. The maximum Gasteiger partial charge on any atom is 0.259 e. The van der Waals surface area contributed by atoms with Gasteiger partial charge in [-0.25, -0.2) is 4.98 Å². The molecule has 0 aliphatic heterocycles. The molecule has 3 rings (SSSR count). The Morgan fingerprint density at radius 3 is 2.22 bits per heavy atom. The highest BCUT2D eigenvalue weighted by Crippen LogP contribution is 2.26. The lowest BCUT2D eigenvalue weighted by molar-refractivity contribution is 0.416. The Kier molecular flexibility index (Phi) is 7.54. The van der Waals surface area contributed by atoms with Crippen LogP contribution in [-0.2, 0) is 0 Å². The van der Waals surface area contributed by atoms with Gasteiger partial charge in [0.2, 0.25) is 0 Å². The van der Waals surface area contributed by atoms with Crippen molar-refractivity contribution >= 4 is 10.9 Å². The summed E-state index contributed by atoms with van der Waals surface area (Å²) in [6.45, 7) is 8.00. The number of hydrogen-bond acceptors (Lipinski definition) is 3. The molecule has 0 fully saturated rings. The van der Waals surface area contributed by atoms with Crippen LogP contribution in [0, 0.1) is 0 Å². The monoisotopic (exact) mass is 312 g/mol. The minimum absolute atomic E-state index is 0.147. The van der Waals surface area contributed by atoms with Gasteiger partial charge in [-0.15, -0.1) is 0 Å². The highest BCUT2D eigenvalue weighted by atomic mass is 16.5. The summed E-state index contributed by atoms with van der Waals surface area (Å²) in [4.78, 5) is 19.3. The number of para-hydroxylation sites is 2. The number of fused-ring (bicyclic) bond motifs is 1. The Hall–Kier alpha value is -2.62. The van der Waals surface area contributed by atoms with E-state index in [0.29, 0.717) is 22.5 Å². The average molecular weight is 312 g/mol. The van der Waals surface area contributed by atoms with Crippen molar-refractivity contribution in [1.82, 2.24) is 9.97 Å². The van der Waals surface area contributed by atoms with E-state index >= 15 is 0 Å². The van der Waals surface area contributed by atoms with Gasteiger partial charge in [0.05, 0.1) is 23.6 Å². The number of nitrogens with zero attached hydrogens (tertiary/aromatic N) is 1. The zero-order chi connectivity index (χ0) is 17.2. The first-order chi connectivity index (χ1) is 11.3. The van der Waals surface area contributed by atoms with Crippen LogP contribution in [0.15, 0.2) is 53.3 Å². The number of benzene rings is 2. The zero-order valence-electron chi connectivity index (χ0n) is 14.4. The normalized spacial score (nSPS) is 9.26. The van der Waals surface area contributed by atoms with Gasteiger partial charge in [0.15, 0.2) is 0 Å². The van der Waals surface area contributed by atoms with Crippen molar-refractivity contribution in [3.8, 4) is 17.1 Å². The third-order valence-electron chi connectivity index (χ3n) is 2.97. The van der Waals surface area contributed by atoms with Gasteiger partial charge in [-0.05, 0) is 24.3 Å². The molecule has 4 nitrogen and oxygen atoms in total. The van der Waals surface area contributed by atoms with E-state index in [-0.39, 0.29) is 5.56 Å².